The number of rotatable bonds is 4. The molecule has 3 atom stereocenters. The Kier molecular flexibility index (Phi) is 4.35. The Balaban J connectivity index is 2.31. The smallest absolute Gasteiger partial charge is 0.237 e. The maximum atomic E-state index is 11.4. The zero-order valence-electron chi connectivity index (χ0n) is 8.95. The lowest BCUT2D eigenvalue weighted by molar-refractivity contribution is -0.123. The standard InChI is InChI=1S/C10H20N2O2/c1-3-8(11)10(13)12-7(2)9-5-4-6-14-9/h7-9H,3-6,11H2,1-2H3,(H,12,13)/t7?,8-,9?/m0/s1. The van der Waals surface area contributed by atoms with E-state index in [2.05, 4.69) is 5.32 Å². The Labute approximate surface area is 85.2 Å². The van der Waals surface area contributed by atoms with Gasteiger partial charge in [-0.1, -0.05) is 6.92 Å². The fourth-order valence-corrected chi connectivity index (χ4v) is 1.61. The third kappa shape index (κ3) is 2.96. The van der Waals surface area contributed by atoms with Crippen LogP contribution in [0.5, 0.6) is 0 Å². The molecule has 1 aliphatic rings. The lowest BCUT2D eigenvalue weighted by Gasteiger charge is -2.21. The second-order valence-electron chi connectivity index (χ2n) is 3.86. The molecular formula is C10H20N2O2. The number of hydrogen-bond donors (Lipinski definition) is 2. The highest BCUT2D eigenvalue weighted by molar-refractivity contribution is 5.81. The first-order valence-electron chi connectivity index (χ1n) is 5.32. The second-order valence-corrected chi connectivity index (χ2v) is 3.86. The monoisotopic (exact) mass is 200 g/mol. The molecule has 0 radical (unpaired) electrons. The van der Waals surface area contributed by atoms with E-state index in [-0.39, 0.29) is 24.1 Å². The molecule has 1 amide bonds. The number of nitrogens with two attached hydrogens (primary N) is 1. The minimum atomic E-state index is -0.390. The van der Waals surface area contributed by atoms with Crippen molar-refractivity contribution in [1.29, 1.82) is 0 Å². The number of nitrogens with one attached hydrogen (secondary N) is 1. The van der Waals surface area contributed by atoms with E-state index >= 15 is 0 Å². The van der Waals surface area contributed by atoms with Crippen LogP contribution in [-0.2, 0) is 9.53 Å². The molecule has 1 aliphatic heterocycles. The average Bonchev–Trinajstić information content (AvgIpc) is 2.69. The molecule has 0 aromatic heterocycles. The highest BCUT2D eigenvalue weighted by atomic mass is 16.5. The number of hydrogen-bond acceptors (Lipinski definition) is 3. The lowest BCUT2D eigenvalue weighted by atomic mass is 10.1. The van der Waals surface area contributed by atoms with Crippen LogP contribution in [0.25, 0.3) is 0 Å². The van der Waals surface area contributed by atoms with Crippen LogP contribution in [0.1, 0.15) is 33.1 Å². The summed E-state index contributed by atoms with van der Waals surface area (Å²) in [6.07, 6.45) is 2.96. The van der Waals surface area contributed by atoms with E-state index < -0.39 is 0 Å². The van der Waals surface area contributed by atoms with Crippen LogP contribution < -0.4 is 11.1 Å². The summed E-state index contributed by atoms with van der Waals surface area (Å²) in [6.45, 7) is 4.68. The van der Waals surface area contributed by atoms with Crippen molar-refractivity contribution in [2.75, 3.05) is 6.61 Å². The van der Waals surface area contributed by atoms with E-state index in [0.29, 0.717) is 6.42 Å². The van der Waals surface area contributed by atoms with Crippen molar-refractivity contribution in [3.05, 3.63) is 0 Å². The van der Waals surface area contributed by atoms with Crippen LogP contribution in [0.3, 0.4) is 0 Å². The van der Waals surface area contributed by atoms with Crippen molar-refractivity contribution in [2.45, 2.75) is 51.3 Å². The Morgan fingerprint density at radius 2 is 2.43 bits per heavy atom. The van der Waals surface area contributed by atoms with Gasteiger partial charge in [-0.2, -0.15) is 0 Å². The van der Waals surface area contributed by atoms with Gasteiger partial charge in [-0.15, -0.1) is 0 Å². The van der Waals surface area contributed by atoms with Crippen LogP contribution in [0, 0.1) is 0 Å². The molecule has 14 heavy (non-hydrogen) atoms. The zero-order chi connectivity index (χ0) is 10.6. The second kappa shape index (κ2) is 5.32. The van der Waals surface area contributed by atoms with Gasteiger partial charge < -0.3 is 15.8 Å². The highest BCUT2D eigenvalue weighted by Crippen LogP contribution is 2.15. The molecule has 0 aliphatic carbocycles. The van der Waals surface area contributed by atoms with Gasteiger partial charge in [-0.25, -0.2) is 0 Å². The SMILES string of the molecule is CC[C@H](N)C(=O)NC(C)C1CCCO1. The molecule has 0 aromatic carbocycles. The minimum Gasteiger partial charge on any atom is -0.376 e. The molecule has 0 saturated carbocycles. The van der Waals surface area contributed by atoms with Gasteiger partial charge in [0.1, 0.15) is 0 Å². The topological polar surface area (TPSA) is 64.4 Å². The third-order valence-corrected chi connectivity index (χ3v) is 2.67. The summed E-state index contributed by atoms with van der Waals surface area (Å²) in [5.41, 5.74) is 5.61. The van der Waals surface area contributed by atoms with Crippen molar-refractivity contribution in [3.8, 4) is 0 Å². The van der Waals surface area contributed by atoms with E-state index in [0.717, 1.165) is 19.4 Å². The third-order valence-electron chi connectivity index (χ3n) is 2.67. The summed E-state index contributed by atoms with van der Waals surface area (Å²) in [4.78, 5) is 11.4. The van der Waals surface area contributed by atoms with Gasteiger partial charge in [0.15, 0.2) is 0 Å². The molecule has 0 spiro atoms. The quantitative estimate of drug-likeness (QED) is 0.690. The predicted octanol–water partition coefficient (Wildman–Crippen LogP) is 0.407. The number of ether oxygens (including phenoxy) is 1. The Bertz CT molecular complexity index is 191. The summed E-state index contributed by atoms with van der Waals surface area (Å²) < 4.78 is 5.47. The molecule has 1 heterocycles. The lowest BCUT2D eigenvalue weighted by Crippen LogP contribution is -2.48. The van der Waals surface area contributed by atoms with Crippen LogP contribution in [-0.4, -0.2) is 30.7 Å². The van der Waals surface area contributed by atoms with Crippen molar-refractivity contribution >= 4 is 5.91 Å². The van der Waals surface area contributed by atoms with Gasteiger partial charge >= 0.3 is 0 Å². The molecule has 82 valence electrons. The molecule has 1 rings (SSSR count). The summed E-state index contributed by atoms with van der Waals surface area (Å²) >= 11 is 0. The van der Waals surface area contributed by atoms with Crippen molar-refractivity contribution in [1.82, 2.24) is 5.32 Å². The first kappa shape index (κ1) is 11.5. The fourth-order valence-electron chi connectivity index (χ4n) is 1.61. The highest BCUT2D eigenvalue weighted by Gasteiger charge is 2.24. The first-order chi connectivity index (χ1) is 6.65. The molecule has 2 unspecified atom stereocenters. The van der Waals surface area contributed by atoms with Gasteiger partial charge in [-0.05, 0) is 26.2 Å². The van der Waals surface area contributed by atoms with Crippen LogP contribution in [0.4, 0.5) is 0 Å². The van der Waals surface area contributed by atoms with Crippen molar-refractivity contribution < 1.29 is 9.53 Å². The average molecular weight is 200 g/mol. The number of amides is 1. The summed E-state index contributed by atoms with van der Waals surface area (Å²) in [7, 11) is 0. The molecule has 1 fully saturated rings. The molecular weight excluding hydrogens is 180 g/mol. The van der Waals surface area contributed by atoms with Gasteiger partial charge in [0.25, 0.3) is 0 Å². The molecule has 3 N–H and O–H groups in total. The molecule has 1 saturated heterocycles. The maximum absolute atomic E-state index is 11.4. The van der Waals surface area contributed by atoms with Crippen molar-refractivity contribution in [3.63, 3.8) is 0 Å². The van der Waals surface area contributed by atoms with E-state index in [9.17, 15) is 4.79 Å². The molecule has 0 aromatic rings. The normalized spacial score (nSPS) is 25.8. The van der Waals surface area contributed by atoms with Gasteiger partial charge in [-0.3, -0.25) is 4.79 Å². The van der Waals surface area contributed by atoms with E-state index in [1.165, 1.54) is 0 Å². The number of carbonyl (C=O) groups is 1. The number of carbonyl (C=O) groups excluding carboxylic acids is 1. The van der Waals surface area contributed by atoms with E-state index in [1.54, 1.807) is 0 Å². The largest absolute Gasteiger partial charge is 0.376 e. The van der Waals surface area contributed by atoms with Gasteiger partial charge in [0, 0.05) is 6.61 Å². The van der Waals surface area contributed by atoms with Crippen molar-refractivity contribution in [2.24, 2.45) is 5.73 Å². The van der Waals surface area contributed by atoms with Crippen LogP contribution in [0.2, 0.25) is 0 Å². The molecule has 4 nitrogen and oxygen atoms in total. The van der Waals surface area contributed by atoms with Crippen LogP contribution >= 0.6 is 0 Å². The van der Waals surface area contributed by atoms with Crippen LogP contribution in [0.15, 0.2) is 0 Å². The Hall–Kier alpha value is -0.610. The zero-order valence-corrected chi connectivity index (χ0v) is 8.95. The van der Waals surface area contributed by atoms with E-state index in [1.807, 2.05) is 13.8 Å². The first-order valence-corrected chi connectivity index (χ1v) is 5.32. The molecule has 0 bridgehead atoms. The van der Waals surface area contributed by atoms with E-state index in [4.69, 9.17) is 10.5 Å². The maximum Gasteiger partial charge on any atom is 0.237 e. The summed E-state index contributed by atoms with van der Waals surface area (Å²) in [5, 5.41) is 2.88. The van der Waals surface area contributed by atoms with Gasteiger partial charge in [0.05, 0.1) is 18.2 Å². The fraction of sp³-hybridized carbons (Fsp3) is 0.900. The predicted molar refractivity (Wildman–Crippen MR) is 54.8 cm³/mol. The summed E-state index contributed by atoms with van der Waals surface area (Å²) in [5.74, 6) is -0.0736. The summed E-state index contributed by atoms with van der Waals surface area (Å²) in [6, 6.07) is -0.318. The minimum absolute atomic E-state index is 0.0719. The Morgan fingerprint density at radius 3 is 2.93 bits per heavy atom. The molecule has 4 heteroatoms. The van der Waals surface area contributed by atoms with Gasteiger partial charge in [0.2, 0.25) is 5.91 Å². The Morgan fingerprint density at radius 1 is 1.71 bits per heavy atom.